The third-order valence-corrected chi connectivity index (χ3v) is 6.19. The van der Waals surface area contributed by atoms with E-state index in [1.165, 1.54) is 22.5 Å². The first kappa shape index (κ1) is 17.6. The molecule has 2 aromatic rings. The summed E-state index contributed by atoms with van der Waals surface area (Å²) in [4.78, 5) is 12.6. The molecule has 1 unspecified atom stereocenters. The van der Waals surface area contributed by atoms with Gasteiger partial charge >= 0.3 is 0 Å². The van der Waals surface area contributed by atoms with Gasteiger partial charge in [0.15, 0.2) is 0 Å². The molecule has 0 saturated carbocycles. The summed E-state index contributed by atoms with van der Waals surface area (Å²) in [6.45, 7) is 0.330. The molecule has 3 rings (SSSR count). The first-order valence-corrected chi connectivity index (χ1v) is 9.52. The molecule has 132 valence electrons. The number of halogens is 1. The average Bonchev–Trinajstić information content (AvgIpc) is 3.12. The Hall–Kier alpha value is -2.25. The topological polar surface area (TPSA) is 66.5 Å². The zero-order valence-corrected chi connectivity index (χ0v) is 14.4. The highest BCUT2D eigenvalue weighted by molar-refractivity contribution is 7.89. The van der Waals surface area contributed by atoms with Gasteiger partial charge in [-0.2, -0.15) is 4.31 Å². The summed E-state index contributed by atoms with van der Waals surface area (Å²) in [5.41, 5.74) is 0.367. The van der Waals surface area contributed by atoms with Gasteiger partial charge < -0.3 is 5.32 Å². The van der Waals surface area contributed by atoms with Crippen LogP contribution in [0.5, 0.6) is 0 Å². The predicted octanol–water partition coefficient (Wildman–Crippen LogP) is 2.30. The normalized spacial score (nSPS) is 18.2. The number of amides is 1. The number of nitrogens with zero attached hydrogens (tertiary/aromatic N) is 1. The van der Waals surface area contributed by atoms with E-state index in [0.29, 0.717) is 24.9 Å². The molecule has 1 aliphatic rings. The maximum absolute atomic E-state index is 13.6. The van der Waals surface area contributed by atoms with Crippen LogP contribution in [0, 0.1) is 5.82 Å². The van der Waals surface area contributed by atoms with Crippen molar-refractivity contribution in [2.75, 3.05) is 6.54 Å². The fraction of sp³-hybridized carbons (Fsp3) is 0.278. The summed E-state index contributed by atoms with van der Waals surface area (Å²) in [6.07, 6.45) is 1.07. The Morgan fingerprint density at radius 2 is 1.80 bits per heavy atom. The maximum Gasteiger partial charge on any atom is 0.243 e. The van der Waals surface area contributed by atoms with E-state index >= 15 is 0 Å². The van der Waals surface area contributed by atoms with Crippen molar-refractivity contribution in [1.29, 1.82) is 0 Å². The van der Waals surface area contributed by atoms with E-state index in [-0.39, 0.29) is 11.4 Å². The Morgan fingerprint density at radius 3 is 2.52 bits per heavy atom. The molecule has 1 fully saturated rings. The second kappa shape index (κ2) is 7.33. The van der Waals surface area contributed by atoms with Crippen LogP contribution in [0.1, 0.15) is 18.4 Å². The lowest BCUT2D eigenvalue weighted by atomic mass is 10.2. The smallest absolute Gasteiger partial charge is 0.243 e. The molecule has 0 radical (unpaired) electrons. The van der Waals surface area contributed by atoms with Crippen molar-refractivity contribution >= 4 is 15.9 Å². The average molecular weight is 362 g/mol. The van der Waals surface area contributed by atoms with Crippen LogP contribution >= 0.6 is 0 Å². The molecule has 1 amide bonds. The minimum atomic E-state index is -3.73. The third kappa shape index (κ3) is 3.72. The number of carbonyl (C=O) groups is 1. The minimum absolute atomic E-state index is 0.0290. The van der Waals surface area contributed by atoms with Gasteiger partial charge in [0.1, 0.15) is 11.9 Å². The van der Waals surface area contributed by atoms with E-state index in [4.69, 9.17) is 0 Å². The number of nitrogens with one attached hydrogen (secondary N) is 1. The van der Waals surface area contributed by atoms with E-state index in [1.807, 2.05) is 0 Å². The minimum Gasteiger partial charge on any atom is -0.351 e. The summed E-state index contributed by atoms with van der Waals surface area (Å²) in [6, 6.07) is 13.5. The van der Waals surface area contributed by atoms with Gasteiger partial charge in [-0.3, -0.25) is 4.79 Å². The highest BCUT2D eigenvalue weighted by Crippen LogP contribution is 2.26. The Morgan fingerprint density at radius 1 is 1.12 bits per heavy atom. The van der Waals surface area contributed by atoms with Crippen LogP contribution in [0.15, 0.2) is 59.5 Å². The van der Waals surface area contributed by atoms with Crippen molar-refractivity contribution in [3.63, 3.8) is 0 Å². The summed E-state index contributed by atoms with van der Waals surface area (Å²) in [5.74, 6) is -0.803. The molecule has 7 heteroatoms. The van der Waals surface area contributed by atoms with Crippen molar-refractivity contribution < 1.29 is 17.6 Å². The summed E-state index contributed by atoms with van der Waals surface area (Å²) < 4.78 is 40.4. The zero-order chi connectivity index (χ0) is 17.9. The van der Waals surface area contributed by atoms with E-state index in [2.05, 4.69) is 5.32 Å². The molecule has 0 aromatic heterocycles. The molecule has 25 heavy (non-hydrogen) atoms. The van der Waals surface area contributed by atoms with Crippen LogP contribution in [0.2, 0.25) is 0 Å². The number of carbonyl (C=O) groups excluding carboxylic acids is 1. The first-order valence-electron chi connectivity index (χ1n) is 8.08. The highest BCUT2D eigenvalue weighted by Gasteiger charge is 2.39. The van der Waals surface area contributed by atoms with Crippen LogP contribution in [0.4, 0.5) is 4.39 Å². The fourth-order valence-electron chi connectivity index (χ4n) is 2.96. The summed E-state index contributed by atoms with van der Waals surface area (Å²) in [7, 11) is -3.73. The van der Waals surface area contributed by atoms with Crippen LogP contribution in [-0.2, 0) is 21.4 Å². The van der Waals surface area contributed by atoms with Gasteiger partial charge in [-0.25, -0.2) is 12.8 Å². The standard InChI is InChI=1S/C18H19FN2O3S/c19-16-10-5-4-7-14(16)13-20-18(22)17-11-6-12-21(17)25(23,24)15-8-2-1-3-9-15/h1-5,7-10,17H,6,11-13H2,(H,20,22). The summed E-state index contributed by atoms with van der Waals surface area (Å²) >= 11 is 0. The zero-order valence-electron chi connectivity index (χ0n) is 13.6. The lowest BCUT2D eigenvalue weighted by molar-refractivity contribution is -0.124. The molecule has 2 aromatic carbocycles. The number of sulfonamides is 1. The van der Waals surface area contributed by atoms with Crippen molar-refractivity contribution in [1.82, 2.24) is 9.62 Å². The van der Waals surface area contributed by atoms with E-state index in [1.54, 1.807) is 36.4 Å². The monoisotopic (exact) mass is 362 g/mol. The Balaban J connectivity index is 1.73. The summed E-state index contributed by atoms with van der Waals surface area (Å²) in [5, 5.41) is 2.65. The van der Waals surface area contributed by atoms with E-state index in [0.717, 1.165) is 0 Å². The van der Waals surface area contributed by atoms with Gasteiger partial charge in [0, 0.05) is 18.7 Å². The Bertz CT molecular complexity index is 856. The lowest BCUT2D eigenvalue weighted by Crippen LogP contribution is -2.45. The number of hydrogen-bond donors (Lipinski definition) is 1. The molecule has 1 aliphatic heterocycles. The number of benzene rings is 2. The van der Waals surface area contributed by atoms with Gasteiger partial charge in [0.25, 0.3) is 0 Å². The van der Waals surface area contributed by atoms with Crippen LogP contribution in [-0.4, -0.2) is 31.2 Å². The third-order valence-electron chi connectivity index (χ3n) is 4.27. The SMILES string of the molecule is O=C(NCc1ccccc1F)C1CCCN1S(=O)(=O)c1ccccc1. The fourth-order valence-corrected chi connectivity index (χ4v) is 4.64. The predicted molar refractivity (Wildman–Crippen MR) is 91.6 cm³/mol. The number of rotatable bonds is 5. The maximum atomic E-state index is 13.6. The van der Waals surface area contributed by atoms with Crippen molar-refractivity contribution in [2.45, 2.75) is 30.3 Å². The number of hydrogen-bond acceptors (Lipinski definition) is 3. The van der Waals surface area contributed by atoms with Crippen LogP contribution in [0.25, 0.3) is 0 Å². The molecular weight excluding hydrogens is 343 g/mol. The van der Waals surface area contributed by atoms with Gasteiger partial charge in [-0.15, -0.1) is 0 Å². The van der Waals surface area contributed by atoms with E-state index in [9.17, 15) is 17.6 Å². The molecule has 0 bridgehead atoms. The van der Waals surface area contributed by atoms with Crippen molar-refractivity contribution in [3.8, 4) is 0 Å². The molecule has 1 saturated heterocycles. The molecule has 1 heterocycles. The largest absolute Gasteiger partial charge is 0.351 e. The molecule has 1 N–H and O–H groups in total. The second-order valence-corrected chi connectivity index (χ2v) is 7.79. The molecule has 0 spiro atoms. The molecule has 0 aliphatic carbocycles. The molecular formula is C18H19FN2O3S. The Labute approximate surface area is 146 Å². The quantitative estimate of drug-likeness (QED) is 0.888. The first-order chi connectivity index (χ1) is 12.0. The van der Waals surface area contributed by atoms with Crippen LogP contribution < -0.4 is 5.32 Å². The van der Waals surface area contributed by atoms with Gasteiger partial charge in [0.05, 0.1) is 4.90 Å². The highest BCUT2D eigenvalue weighted by atomic mass is 32.2. The van der Waals surface area contributed by atoms with Gasteiger partial charge in [0.2, 0.25) is 15.9 Å². The molecule has 5 nitrogen and oxygen atoms in total. The van der Waals surface area contributed by atoms with Gasteiger partial charge in [-0.05, 0) is 31.0 Å². The van der Waals surface area contributed by atoms with Crippen molar-refractivity contribution in [3.05, 3.63) is 66.0 Å². The van der Waals surface area contributed by atoms with Crippen molar-refractivity contribution in [2.24, 2.45) is 0 Å². The second-order valence-electron chi connectivity index (χ2n) is 5.90. The molecule has 1 atom stereocenters. The lowest BCUT2D eigenvalue weighted by Gasteiger charge is -2.23. The Kier molecular flexibility index (Phi) is 5.15. The van der Waals surface area contributed by atoms with Gasteiger partial charge in [-0.1, -0.05) is 36.4 Å². The van der Waals surface area contributed by atoms with E-state index < -0.39 is 27.8 Å². The van der Waals surface area contributed by atoms with Crippen LogP contribution in [0.3, 0.4) is 0 Å².